The molecule has 1 rings (SSSR count). The molecule has 1 heteroatoms. The Morgan fingerprint density at radius 3 is 2.67 bits per heavy atom. The molecular weight excluding hydrogens is 182 g/mol. The van der Waals surface area contributed by atoms with E-state index in [1.165, 1.54) is 16.7 Å². The van der Waals surface area contributed by atoms with Crippen molar-refractivity contribution in [1.82, 2.24) is 0 Å². The molecule has 0 heterocycles. The minimum Gasteiger partial charge on any atom is -0.327 e. The van der Waals surface area contributed by atoms with Crippen molar-refractivity contribution in [3.8, 4) is 12.3 Å². The van der Waals surface area contributed by atoms with Crippen LogP contribution in [0, 0.1) is 26.2 Å². The Morgan fingerprint density at radius 1 is 1.33 bits per heavy atom. The van der Waals surface area contributed by atoms with Gasteiger partial charge in [-0.15, -0.1) is 12.3 Å². The molecule has 0 bridgehead atoms. The van der Waals surface area contributed by atoms with Gasteiger partial charge in [0.1, 0.15) is 0 Å². The lowest BCUT2D eigenvalue weighted by Crippen LogP contribution is -2.22. The zero-order valence-corrected chi connectivity index (χ0v) is 9.59. The van der Waals surface area contributed by atoms with Gasteiger partial charge in [0.25, 0.3) is 0 Å². The molecule has 0 saturated heterocycles. The van der Waals surface area contributed by atoms with Crippen LogP contribution in [0.2, 0.25) is 0 Å². The summed E-state index contributed by atoms with van der Waals surface area (Å²) in [6.45, 7) is 4.25. The highest BCUT2D eigenvalue weighted by Gasteiger charge is 2.04. The number of hydrogen-bond donors (Lipinski definition) is 1. The molecule has 15 heavy (non-hydrogen) atoms. The van der Waals surface area contributed by atoms with Crippen LogP contribution in [0.1, 0.15) is 29.5 Å². The Balaban J connectivity index is 2.57. The smallest absolute Gasteiger partial charge is 0.0101 e. The van der Waals surface area contributed by atoms with Crippen LogP contribution in [0.4, 0.5) is 0 Å². The third-order valence-corrected chi connectivity index (χ3v) is 2.73. The third kappa shape index (κ3) is 3.77. The van der Waals surface area contributed by atoms with E-state index in [2.05, 4.69) is 38.0 Å². The minimum atomic E-state index is 0.183. The van der Waals surface area contributed by atoms with Gasteiger partial charge in [-0.05, 0) is 43.4 Å². The molecule has 1 aromatic carbocycles. The molecule has 0 spiro atoms. The largest absolute Gasteiger partial charge is 0.327 e. The summed E-state index contributed by atoms with van der Waals surface area (Å²) in [5.74, 6) is 2.62. The number of benzene rings is 1. The Kier molecular flexibility index (Phi) is 4.39. The summed E-state index contributed by atoms with van der Waals surface area (Å²) < 4.78 is 0. The molecule has 0 aliphatic rings. The second-order valence-corrected chi connectivity index (χ2v) is 4.13. The van der Waals surface area contributed by atoms with Gasteiger partial charge in [0.2, 0.25) is 0 Å². The summed E-state index contributed by atoms with van der Waals surface area (Å²) in [7, 11) is 0. The van der Waals surface area contributed by atoms with Crippen molar-refractivity contribution in [2.45, 2.75) is 39.2 Å². The molecule has 0 saturated carbocycles. The topological polar surface area (TPSA) is 26.0 Å². The van der Waals surface area contributed by atoms with Crippen molar-refractivity contribution in [1.29, 1.82) is 0 Å². The maximum atomic E-state index is 5.98. The van der Waals surface area contributed by atoms with Crippen LogP contribution in [-0.4, -0.2) is 6.04 Å². The van der Waals surface area contributed by atoms with Crippen LogP contribution in [0.5, 0.6) is 0 Å². The van der Waals surface area contributed by atoms with Crippen molar-refractivity contribution in [2.24, 2.45) is 5.73 Å². The monoisotopic (exact) mass is 201 g/mol. The molecule has 2 N–H and O–H groups in total. The quantitative estimate of drug-likeness (QED) is 0.744. The average Bonchev–Trinajstić information content (AvgIpc) is 2.20. The molecule has 0 radical (unpaired) electrons. The summed E-state index contributed by atoms with van der Waals surface area (Å²) in [4.78, 5) is 0. The fourth-order valence-corrected chi connectivity index (χ4v) is 1.60. The molecule has 0 aromatic heterocycles. The normalized spacial score (nSPS) is 12.1. The summed E-state index contributed by atoms with van der Waals surface area (Å²) in [6, 6.07) is 6.70. The van der Waals surface area contributed by atoms with Gasteiger partial charge in [0, 0.05) is 12.5 Å². The molecule has 0 amide bonds. The highest BCUT2D eigenvalue weighted by molar-refractivity contribution is 5.30. The van der Waals surface area contributed by atoms with Crippen molar-refractivity contribution < 1.29 is 0 Å². The van der Waals surface area contributed by atoms with Crippen LogP contribution in [-0.2, 0) is 6.42 Å². The summed E-state index contributed by atoms with van der Waals surface area (Å²) >= 11 is 0. The van der Waals surface area contributed by atoms with E-state index in [1.807, 2.05) is 0 Å². The molecule has 0 aliphatic carbocycles. The molecule has 1 aromatic rings. The van der Waals surface area contributed by atoms with Crippen LogP contribution >= 0.6 is 0 Å². The Morgan fingerprint density at radius 2 is 2.07 bits per heavy atom. The Bertz CT molecular complexity index is 360. The van der Waals surface area contributed by atoms with Crippen molar-refractivity contribution >= 4 is 0 Å². The van der Waals surface area contributed by atoms with E-state index in [0.29, 0.717) is 0 Å². The maximum absolute atomic E-state index is 5.98. The fourth-order valence-electron chi connectivity index (χ4n) is 1.60. The first kappa shape index (κ1) is 11.8. The van der Waals surface area contributed by atoms with Gasteiger partial charge in [0.15, 0.2) is 0 Å². The molecule has 80 valence electrons. The second kappa shape index (κ2) is 5.58. The van der Waals surface area contributed by atoms with Gasteiger partial charge in [-0.25, -0.2) is 0 Å². The number of aryl methyl sites for hydroxylation is 2. The van der Waals surface area contributed by atoms with Gasteiger partial charge < -0.3 is 5.73 Å². The van der Waals surface area contributed by atoms with Gasteiger partial charge in [-0.2, -0.15) is 0 Å². The van der Waals surface area contributed by atoms with Crippen molar-refractivity contribution in [3.05, 3.63) is 34.9 Å². The molecule has 0 aliphatic heterocycles. The van der Waals surface area contributed by atoms with Crippen LogP contribution < -0.4 is 5.73 Å². The third-order valence-electron chi connectivity index (χ3n) is 2.73. The lowest BCUT2D eigenvalue weighted by Gasteiger charge is -2.11. The van der Waals surface area contributed by atoms with Gasteiger partial charge in [-0.3, -0.25) is 0 Å². The maximum Gasteiger partial charge on any atom is 0.0101 e. The lowest BCUT2D eigenvalue weighted by atomic mass is 9.99. The van der Waals surface area contributed by atoms with E-state index >= 15 is 0 Å². The van der Waals surface area contributed by atoms with E-state index in [4.69, 9.17) is 12.2 Å². The fraction of sp³-hybridized carbons (Fsp3) is 0.429. The number of nitrogens with two attached hydrogens (primary N) is 1. The van der Waals surface area contributed by atoms with Gasteiger partial charge in [0.05, 0.1) is 0 Å². The molecule has 0 fully saturated rings. The van der Waals surface area contributed by atoms with Gasteiger partial charge in [-0.1, -0.05) is 18.2 Å². The Labute approximate surface area is 92.7 Å². The van der Waals surface area contributed by atoms with Crippen molar-refractivity contribution in [3.63, 3.8) is 0 Å². The average molecular weight is 201 g/mol. The highest BCUT2D eigenvalue weighted by Crippen LogP contribution is 2.12. The standard InChI is InChI=1S/C14H19N/c1-4-5-6-14(15)10-13-8-7-11(2)12(3)9-13/h1,7-9,14H,5-6,10,15H2,2-3H3. The Hall–Kier alpha value is -1.26. The zero-order chi connectivity index (χ0) is 11.3. The second-order valence-electron chi connectivity index (χ2n) is 4.13. The predicted molar refractivity (Wildman–Crippen MR) is 65.7 cm³/mol. The van der Waals surface area contributed by atoms with Crippen molar-refractivity contribution in [2.75, 3.05) is 0 Å². The zero-order valence-electron chi connectivity index (χ0n) is 9.59. The molecular formula is C14H19N. The molecule has 1 nitrogen and oxygen atoms in total. The van der Waals surface area contributed by atoms with E-state index in [-0.39, 0.29) is 6.04 Å². The first-order valence-electron chi connectivity index (χ1n) is 5.38. The predicted octanol–water partition coefficient (Wildman–Crippen LogP) is 2.59. The number of rotatable bonds is 4. The van der Waals surface area contributed by atoms with E-state index in [9.17, 15) is 0 Å². The van der Waals surface area contributed by atoms with Crippen LogP contribution in [0.25, 0.3) is 0 Å². The minimum absolute atomic E-state index is 0.183. The van der Waals surface area contributed by atoms with E-state index < -0.39 is 0 Å². The van der Waals surface area contributed by atoms with Crippen LogP contribution in [0.3, 0.4) is 0 Å². The highest BCUT2D eigenvalue weighted by atomic mass is 14.6. The number of terminal acetylenes is 1. The lowest BCUT2D eigenvalue weighted by molar-refractivity contribution is 0.622. The number of hydrogen-bond acceptors (Lipinski definition) is 1. The van der Waals surface area contributed by atoms with E-state index in [0.717, 1.165) is 19.3 Å². The first-order valence-corrected chi connectivity index (χ1v) is 5.38. The summed E-state index contributed by atoms with van der Waals surface area (Å²) in [6.07, 6.45) is 7.80. The summed E-state index contributed by atoms with van der Waals surface area (Å²) in [5.41, 5.74) is 9.95. The van der Waals surface area contributed by atoms with E-state index in [1.54, 1.807) is 0 Å². The first-order chi connectivity index (χ1) is 7.13. The van der Waals surface area contributed by atoms with Crippen LogP contribution in [0.15, 0.2) is 18.2 Å². The SMILES string of the molecule is C#CCCC(N)Cc1ccc(C)c(C)c1. The molecule has 1 unspecified atom stereocenters. The summed E-state index contributed by atoms with van der Waals surface area (Å²) in [5, 5.41) is 0. The van der Waals surface area contributed by atoms with Gasteiger partial charge >= 0.3 is 0 Å². The molecule has 1 atom stereocenters.